The number of rotatable bonds is 38. The van der Waals surface area contributed by atoms with Crippen molar-refractivity contribution in [2.45, 2.75) is 187 Å². The van der Waals surface area contributed by atoms with Gasteiger partial charge in [-0.3, -0.25) is 18.6 Å². The molecule has 0 saturated heterocycles. The van der Waals surface area contributed by atoms with E-state index in [1.54, 1.807) is 0 Å². The normalized spacial score (nSPS) is 14.0. The number of carbonyl (C=O) groups is 2. The van der Waals surface area contributed by atoms with Gasteiger partial charge in [0.25, 0.3) is 0 Å². The molecule has 0 aromatic carbocycles. The second kappa shape index (κ2) is 39.4. The van der Waals surface area contributed by atoms with Gasteiger partial charge in [-0.15, -0.1) is 0 Å². The number of unbranched alkanes of at least 4 members (excludes halogenated alkanes) is 17. The van der Waals surface area contributed by atoms with Crippen LogP contribution in [0.1, 0.15) is 181 Å². The molecule has 53 heavy (non-hydrogen) atoms. The van der Waals surface area contributed by atoms with Crippen LogP contribution in [0.15, 0.2) is 60.8 Å². The minimum absolute atomic E-state index is 0.214. The monoisotopic (exact) mass is 765 g/mol. The van der Waals surface area contributed by atoms with Crippen molar-refractivity contribution in [3.63, 3.8) is 0 Å². The van der Waals surface area contributed by atoms with Crippen LogP contribution in [0.5, 0.6) is 0 Å². The molecule has 0 aliphatic carbocycles. The summed E-state index contributed by atoms with van der Waals surface area (Å²) >= 11 is 0. The van der Waals surface area contributed by atoms with Gasteiger partial charge in [-0.05, 0) is 77.0 Å². The van der Waals surface area contributed by atoms with Gasteiger partial charge in [0.15, 0.2) is 6.10 Å². The number of ether oxygens (including phenoxy) is 2. The van der Waals surface area contributed by atoms with Crippen LogP contribution in [-0.2, 0) is 32.7 Å². The number of carbonyl (C=O) groups excluding carboxylic acids is 2. The topological polar surface area (TPSA) is 108 Å². The summed E-state index contributed by atoms with van der Waals surface area (Å²) in [7, 11) is -3.22. The Labute approximate surface area is 324 Å². The van der Waals surface area contributed by atoms with Gasteiger partial charge >= 0.3 is 19.8 Å². The second-order valence-electron chi connectivity index (χ2n) is 13.7. The van der Waals surface area contributed by atoms with Crippen molar-refractivity contribution >= 4 is 19.8 Å². The van der Waals surface area contributed by atoms with E-state index in [2.05, 4.69) is 79.1 Å². The SMILES string of the molecule is CC/C=C\C/C=C\C/C=C\C/C=C\CCCCCCC(=O)OC(COC(=O)CCCCCCCCC/C=C\CCCCCCCC)COP(=O)(O)OC. The standard InChI is InChI=1S/C44H77O8P/c1-4-6-8-10-12-14-16-18-20-22-24-26-28-30-32-34-36-38-43(45)50-40-42(41-51-53(47,48)49-3)52-44(46)39-37-35-33-31-29-27-25-23-21-19-17-15-13-11-9-7-5-2/h7,9,13,15,18-21,25,27,42H,4-6,8,10-12,14,16-17,22-24,26,28-41H2,1-3H3,(H,47,48)/b9-7-,15-13-,20-18-,21-19-,27-25-. The lowest BCUT2D eigenvalue weighted by atomic mass is 10.1. The molecule has 8 nitrogen and oxygen atoms in total. The number of hydrogen-bond acceptors (Lipinski definition) is 7. The summed E-state index contributed by atoms with van der Waals surface area (Å²) in [6.07, 6.45) is 48.4. The molecule has 0 spiro atoms. The minimum atomic E-state index is -4.27. The number of allylic oxidation sites excluding steroid dienone is 10. The fraction of sp³-hybridized carbons (Fsp3) is 0.727. The molecule has 0 aromatic rings. The third-order valence-corrected chi connectivity index (χ3v) is 9.68. The van der Waals surface area contributed by atoms with Crippen molar-refractivity contribution in [3.05, 3.63) is 60.8 Å². The highest BCUT2D eigenvalue weighted by Crippen LogP contribution is 2.42. The first-order valence-corrected chi connectivity index (χ1v) is 22.5. The Morgan fingerprint density at radius 1 is 0.547 bits per heavy atom. The molecule has 0 bridgehead atoms. The van der Waals surface area contributed by atoms with Crippen molar-refractivity contribution in [1.29, 1.82) is 0 Å². The molecule has 0 amide bonds. The Hall–Kier alpha value is -2.25. The van der Waals surface area contributed by atoms with Crippen LogP contribution >= 0.6 is 7.82 Å². The van der Waals surface area contributed by atoms with Gasteiger partial charge in [-0.25, -0.2) is 4.57 Å². The highest BCUT2D eigenvalue weighted by molar-refractivity contribution is 7.47. The maximum absolute atomic E-state index is 12.5. The summed E-state index contributed by atoms with van der Waals surface area (Å²) in [6.45, 7) is 3.74. The van der Waals surface area contributed by atoms with Gasteiger partial charge in [0.1, 0.15) is 6.61 Å². The van der Waals surface area contributed by atoms with Crippen molar-refractivity contribution < 1.29 is 37.6 Å². The maximum atomic E-state index is 12.5. The van der Waals surface area contributed by atoms with Crippen LogP contribution in [0, 0.1) is 0 Å². The maximum Gasteiger partial charge on any atom is 0.472 e. The summed E-state index contributed by atoms with van der Waals surface area (Å²) in [6, 6.07) is 0. The third-order valence-electron chi connectivity index (χ3n) is 8.75. The molecule has 0 radical (unpaired) electrons. The zero-order valence-corrected chi connectivity index (χ0v) is 34.8. The molecule has 0 aliphatic heterocycles. The first-order chi connectivity index (χ1) is 25.8. The molecule has 0 heterocycles. The molecule has 306 valence electrons. The fourth-order valence-corrected chi connectivity index (χ4v) is 5.99. The van der Waals surface area contributed by atoms with Crippen molar-refractivity contribution in [3.8, 4) is 0 Å². The molecule has 0 aromatic heterocycles. The van der Waals surface area contributed by atoms with Crippen LogP contribution in [0.25, 0.3) is 0 Å². The van der Waals surface area contributed by atoms with E-state index in [1.165, 1.54) is 64.2 Å². The Morgan fingerprint density at radius 2 is 0.962 bits per heavy atom. The number of hydrogen-bond donors (Lipinski definition) is 1. The Bertz CT molecular complexity index is 1050. The van der Waals surface area contributed by atoms with E-state index in [-0.39, 0.29) is 25.4 Å². The highest BCUT2D eigenvalue weighted by Gasteiger charge is 2.24. The third kappa shape index (κ3) is 39.3. The van der Waals surface area contributed by atoms with Gasteiger partial charge < -0.3 is 14.4 Å². The lowest BCUT2D eigenvalue weighted by molar-refractivity contribution is -0.161. The van der Waals surface area contributed by atoms with Gasteiger partial charge in [0, 0.05) is 20.0 Å². The number of esters is 2. The van der Waals surface area contributed by atoms with Crippen LogP contribution in [0.4, 0.5) is 0 Å². The van der Waals surface area contributed by atoms with Gasteiger partial charge in [0.05, 0.1) is 6.61 Å². The summed E-state index contributed by atoms with van der Waals surface area (Å²) in [5.41, 5.74) is 0. The van der Waals surface area contributed by atoms with Crippen LogP contribution < -0.4 is 0 Å². The van der Waals surface area contributed by atoms with E-state index in [1.807, 2.05) is 0 Å². The number of phosphoric ester groups is 1. The average Bonchev–Trinajstić information content (AvgIpc) is 3.15. The van der Waals surface area contributed by atoms with Crippen LogP contribution in [0.3, 0.4) is 0 Å². The molecule has 9 heteroatoms. The molecular formula is C44H77O8P. The van der Waals surface area contributed by atoms with E-state index in [0.29, 0.717) is 6.42 Å². The van der Waals surface area contributed by atoms with Gasteiger partial charge in [-0.2, -0.15) is 0 Å². The molecule has 0 fully saturated rings. The quantitative estimate of drug-likeness (QED) is 0.0286. The molecular weight excluding hydrogens is 687 g/mol. The van der Waals surface area contributed by atoms with Crippen LogP contribution in [0.2, 0.25) is 0 Å². The first kappa shape index (κ1) is 50.8. The summed E-state index contributed by atoms with van der Waals surface area (Å²) < 4.78 is 31.9. The molecule has 0 rings (SSSR count). The highest BCUT2D eigenvalue weighted by atomic mass is 31.2. The molecule has 0 aliphatic rings. The lowest BCUT2D eigenvalue weighted by Gasteiger charge is -2.19. The first-order valence-electron chi connectivity index (χ1n) is 21.0. The zero-order valence-electron chi connectivity index (χ0n) is 33.9. The van der Waals surface area contributed by atoms with E-state index in [4.69, 9.17) is 14.0 Å². The smallest absolute Gasteiger partial charge is 0.462 e. The van der Waals surface area contributed by atoms with Gasteiger partial charge in [-0.1, -0.05) is 152 Å². The molecule has 1 N–H and O–H groups in total. The predicted molar refractivity (Wildman–Crippen MR) is 221 cm³/mol. The van der Waals surface area contributed by atoms with E-state index in [9.17, 15) is 19.0 Å². The van der Waals surface area contributed by atoms with Crippen molar-refractivity contribution in [2.75, 3.05) is 20.3 Å². The summed E-state index contributed by atoms with van der Waals surface area (Å²) in [5.74, 6) is -0.839. The lowest BCUT2D eigenvalue weighted by Crippen LogP contribution is -2.29. The van der Waals surface area contributed by atoms with E-state index >= 15 is 0 Å². The average molecular weight is 765 g/mol. The van der Waals surface area contributed by atoms with Crippen molar-refractivity contribution in [1.82, 2.24) is 0 Å². The zero-order chi connectivity index (χ0) is 38.9. The Morgan fingerprint density at radius 3 is 1.45 bits per heavy atom. The van der Waals surface area contributed by atoms with E-state index in [0.717, 1.165) is 90.6 Å². The van der Waals surface area contributed by atoms with Crippen LogP contribution in [-0.4, -0.2) is 43.3 Å². The van der Waals surface area contributed by atoms with Crippen molar-refractivity contribution in [2.24, 2.45) is 0 Å². The fourth-order valence-electron chi connectivity index (χ4n) is 5.53. The minimum Gasteiger partial charge on any atom is -0.462 e. The number of phosphoric acid groups is 1. The van der Waals surface area contributed by atoms with Gasteiger partial charge in [0.2, 0.25) is 0 Å². The Balaban J connectivity index is 4.07. The molecule has 2 unspecified atom stereocenters. The molecule has 2 atom stereocenters. The molecule has 0 saturated carbocycles. The summed E-state index contributed by atoms with van der Waals surface area (Å²) in [4.78, 5) is 34.4. The second-order valence-corrected chi connectivity index (χ2v) is 15.3. The largest absolute Gasteiger partial charge is 0.472 e. The predicted octanol–water partition coefficient (Wildman–Crippen LogP) is 13.2. The Kier molecular flexibility index (Phi) is 37.8. The summed E-state index contributed by atoms with van der Waals surface area (Å²) in [5, 5.41) is 0. The van der Waals surface area contributed by atoms with E-state index < -0.39 is 26.5 Å².